The third-order valence-electron chi connectivity index (χ3n) is 8.68. The van der Waals surface area contributed by atoms with Crippen LogP contribution in [0.15, 0.2) is 30.5 Å². The van der Waals surface area contributed by atoms with Crippen LogP contribution in [0.3, 0.4) is 0 Å². The molecule has 1 aromatic carbocycles. The van der Waals surface area contributed by atoms with Crippen LogP contribution in [-0.2, 0) is 30.0 Å². The summed E-state index contributed by atoms with van der Waals surface area (Å²) in [6.45, 7) is 6.76. The lowest BCUT2D eigenvalue weighted by Crippen LogP contribution is -2.60. The van der Waals surface area contributed by atoms with Crippen molar-refractivity contribution in [2.75, 3.05) is 13.1 Å². The van der Waals surface area contributed by atoms with Gasteiger partial charge in [-0.3, -0.25) is 23.7 Å². The van der Waals surface area contributed by atoms with Crippen molar-refractivity contribution in [3.63, 3.8) is 0 Å². The second-order valence-corrected chi connectivity index (χ2v) is 17.1. The average molecular weight is 741 g/mol. The molecule has 0 bridgehead atoms. The highest BCUT2D eigenvalue weighted by molar-refractivity contribution is 7.52. The molecule has 13 nitrogen and oxygen atoms in total. The Kier molecular flexibility index (Phi) is 10.6. The van der Waals surface area contributed by atoms with E-state index < -0.39 is 60.6 Å². The number of fused-ring (bicyclic) bond motifs is 2. The number of hydrogen-bond acceptors (Lipinski definition) is 9. The predicted molar refractivity (Wildman–Crippen MR) is 180 cm³/mol. The van der Waals surface area contributed by atoms with E-state index in [1.54, 1.807) is 6.20 Å². The summed E-state index contributed by atoms with van der Waals surface area (Å²) in [6, 6.07) is 1.66. The van der Waals surface area contributed by atoms with E-state index in [0.717, 1.165) is 28.3 Å². The van der Waals surface area contributed by atoms with E-state index in [0.29, 0.717) is 35.5 Å². The number of nitrogens with two attached hydrogens (primary N) is 1. The van der Waals surface area contributed by atoms with Gasteiger partial charge >= 0.3 is 13.3 Å². The van der Waals surface area contributed by atoms with Gasteiger partial charge in [0, 0.05) is 40.3 Å². The van der Waals surface area contributed by atoms with Crippen LogP contribution >= 0.6 is 30.3 Å². The van der Waals surface area contributed by atoms with Crippen molar-refractivity contribution in [2.24, 2.45) is 5.73 Å². The number of thiazole rings is 1. The zero-order valence-corrected chi connectivity index (χ0v) is 29.6. The summed E-state index contributed by atoms with van der Waals surface area (Å²) in [5.41, 5.74) is -0.0413. The molecule has 4 atom stereocenters. The van der Waals surface area contributed by atoms with Gasteiger partial charge in [-0.05, 0) is 61.2 Å². The van der Waals surface area contributed by atoms with Crippen LogP contribution in [0.1, 0.15) is 84.0 Å². The minimum Gasteiger partial charge on any atom is -0.370 e. The van der Waals surface area contributed by atoms with Crippen LogP contribution in [0.25, 0.3) is 10.1 Å². The third-order valence-corrected chi connectivity index (χ3v) is 12.3. The maximum atomic E-state index is 14.3. The number of carbonyl (C=O) groups is 4. The van der Waals surface area contributed by atoms with Crippen molar-refractivity contribution in [2.45, 2.75) is 88.1 Å². The number of thiophene rings is 1. The molecule has 0 spiro atoms. The molecule has 2 aliphatic rings. The van der Waals surface area contributed by atoms with Crippen molar-refractivity contribution in [1.29, 1.82) is 0 Å². The van der Waals surface area contributed by atoms with Gasteiger partial charge in [-0.25, -0.2) is 4.98 Å². The smallest absolute Gasteiger partial charge is 0.370 e. The van der Waals surface area contributed by atoms with Crippen molar-refractivity contribution >= 4 is 64.0 Å². The number of rotatable bonds is 10. The minimum atomic E-state index is -5.79. The lowest BCUT2D eigenvalue weighted by atomic mass is 9.96. The maximum Gasteiger partial charge on any atom is 0.399 e. The fraction of sp³-hybridized carbons (Fsp3) is 0.516. The zero-order chi connectivity index (χ0) is 35.9. The highest BCUT2D eigenvalue weighted by Crippen LogP contribution is 2.59. The van der Waals surface area contributed by atoms with Crippen LogP contribution in [0.4, 0.5) is 8.78 Å². The van der Waals surface area contributed by atoms with E-state index in [1.165, 1.54) is 28.4 Å². The Morgan fingerprint density at radius 1 is 1.16 bits per heavy atom. The molecule has 5 rings (SSSR count). The fourth-order valence-electron chi connectivity index (χ4n) is 6.00. The first-order valence-electron chi connectivity index (χ1n) is 15.7. The Hall–Kier alpha value is -3.34. The van der Waals surface area contributed by atoms with Gasteiger partial charge in [-0.1, -0.05) is 26.8 Å². The van der Waals surface area contributed by atoms with Gasteiger partial charge in [0.05, 0.1) is 10.9 Å². The summed E-state index contributed by atoms with van der Waals surface area (Å²) in [4.78, 5) is 78.3. The average Bonchev–Trinajstić information content (AvgIpc) is 3.76. The lowest BCUT2D eigenvalue weighted by Gasteiger charge is -2.35. The quantitative estimate of drug-likeness (QED) is 0.168. The van der Waals surface area contributed by atoms with Gasteiger partial charge in [0.25, 0.3) is 5.91 Å². The largest absolute Gasteiger partial charge is 0.399 e. The summed E-state index contributed by atoms with van der Waals surface area (Å²) in [5, 5.41) is 9.72. The second-order valence-electron chi connectivity index (χ2n) is 13.3. The van der Waals surface area contributed by atoms with Gasteiger partial charge in [-0.15, -0.1) is 22.7 Å². The Balaban J connectivity index is 1.33. The molecule has 4 heterocycles. The monoisotopic (exact) mass is 740 g/mol. The van der Waals surface area contributed by atoms with Crippen molar-refractivity contribution in [3.05, 3.63) is 50.8 Å². The highest BCUT2D eigenvalue weighted by atomic mass is 32.1. The standard InChI is InChI=1S/C31H39F2N6O7PS2/c1-30(2,3)24-15-36-28(49-24)19(6-9-25(34)40)37-26(41)21-7-5-18-10-11-35-14-20(29(43)39(18)21)38-27(42)23-13-16-12-17(4-8-22(16)48-23)31(32,33)47(44,45)46/h4,8,12-13,15,18-21,35H,5-7,9-11,14H2,1-3H3,(H2,34,40)(H,37,41)(H,38,42)(H2,44,45,46)/t18-,19+,20+,21+/m1/s1. The highest BCUT2D eigenvalue weighted by Gasteiger charge is 2.50. The first-order chi connectivity index (χ1) is 22.9. The van der Waals surface area contributed by atoms with E-state index in [4.69, 9.17) is 15.5 Å². The number of halogens is 2. The number of aromatic nitrogens is 1. The summed E-state index contributed by atoms with van der Waals surface area (Å²) >= 11 is 2.41. The molecular formula is C31H39F2N6O7PS2. The molecule has 2 aliphatic heterocycles. The van der Waals surface area contributed by atoms with E-state index in [-0.39, 0.29) is 41.1 Å². The number of carbonyl (C=O) groups excluding carboxylic acids is 4. The molecule has 0 aliphatic carbocycles. The Morgan fingerprint density at radius 3 is 2.55 bits per heavy atom. The number of primary amides is 1. The van der Waals surface area contributed by atoms with Crippen LogP contribution in [0, 0.1) is 0 Å². The molecule has 7 N–H and O–H groups in total. The number of nitrogens with one attached hydrogen (secondary N) is 3. The van der Waals surface area contributed by atoms with Crippen molar-refractivity contribution in [3.8, 4) is 0 Å². The number of alkyl halides is 2. The topological polar surface area (TPSA) is 204 Å². The molecular weight excluding hydrogens is 701 g/mol. The molecule has 0 radical (unpaired) electrons. The zero-order valence-electron chi connectivity index (χ0n) is 27.1. The Bertz CT molecular complexity index is 1810. The molecule has 18 heteroatoms. The normalized spacial score (nSPS) is 21.2. The first kappa shape index (κ1) is 36.9. The van der Waals surface area contributed by atoms with Crippen LogP contribution in [0.5, 0.6) is 0 Å². The number of nitrogens with zero attached hydrogens (tertiary/aromatic N) is 2. The molecule has 2 aromatic heterocycles. The van der Waals surface area contributed by atoms with Crippen LogP contribution in [-0.4, -0.2) is 74.5 Å². The molecule has 2 saturated heterocycles. The van der Waals surface area contributed by atoms with Gasteiger partial charge in [-0.2, -0.15) is 8.78 Å². The van der Waals surface area contributed by atoms with E-state index in [1.807, 2.05) is 20.8 Å². The predicted octanol–water partition coefficient (Wildman–Crippen LogP) is 3.46. The summed E-state index contributed by atoms with van der Waals surface area (Å²) in [5.74, 6) is -2.02. The maximum absolute atomic E-state index is 14.3. The number of hydrogen-bond donors (Lipinski definition) is 6. The summed E-state index contributed by atoms with van der Waals surface area (Å²) < 4.78 is 40.4. The van der Waals surface area contributed by atoms with E-state index in [9.17, 15) is 32.5 Å². The molecule has 0 unspecified atom stereocenters. The fourth-order valence-corrected chi connectivity index (χ4v) is 8.48. The number of amides is 4. The van der Waals surface area contributed by atoms with Gasteiger partial charge in [0.15, 0.2) is 0 Å². The Morgan fingerprint density at radius 2 is 1.90 bits per heavy atom. The molecule has 0 saturated carbocycles. The molecule has 3 aromatic rings. The minimum absolute atomic E-state index is 0.0240. The van der Waals surface area contributed by atoms with Gasteiger partial charge < -0.3 is 36.4 Å². The summed E-state index contributed by atoms with van der Waals surface area (Å²) in [6.07, 6.45) is 3.58. The third kappa shape index (κ3) is 8.02. The van der Waals surface area contributed by atoms with Crippen LogP contribution < -0.4 is 21.7 Å². The van der Waals surface area contributed by atoms with Gasteiger partial charge in [0.1, 0.15) is 17.1 Å². The number of benzene rings is 1. The van der Waals surface area contributed by atoms with E-state index >= 15 is 0 Å². The molecule has 2 fully saturated rings. The molecule has 49 heavy (non-hydrogen) atoms. The molecule has 266 valence electrons. The van der Waals surface area contributed by atoms with Gasteiger partial charge in [0.2, 0.25) is 17.7 Å². The SMILES string of the molecule is CC(C)(C)c1cnc([C@H](CCC(N)=O)NC(=O)[C@@H]2CC[C@@H]3CCNC[C@H](NC(=O)c4cc5cc(C(F)(F)P(=O)(O)O)ccc5s4)C(=O)N32)s1. The summed E-state index contributed by atoms with van der Waals surface area (Å²) in [7, 11) is -5.79. The van der Waals surface area contributed by atoms with Crippen molar-refractivity contribution in [1.82, 2.24) is 25.8 Å². The van der Waals surface area contributed by atoms with Crippen LogP contribution in [0.2, 0.25) is 0 Å². The second kappa shape index (κ2) is 14.1. The Labute approximate surface area is 289 Å². The molecule has 4 amide bonds. The first-order valence-corrected chi connectivity index (χ1v) is 19.0. The lowest BCUT2D eigenvalue weighted by molar-refractivity contribution is -0.142. The van der Waals surface area contributed by atoms with E-state index in [2.05, 4.69) is 20.9 Å². The van der Waals surface area contributed by atoms with Crippen molar-refractivity contribution < 1.29 is 42.3 Å².